The predicted molar refractivity (Wildman–Crippen MR) is 143 cm³/mol. The molecule has 0 unspecified atom stereocenters. The quantitative estimate of drug-likeness (QED) is 0.413. The zero-order chi connectivity index (χ0) is 26.3. The zero-order valence-corrected chi connectivity index (χ0v) is 22.4. The molecule has 0 atom stereocenters. The lowest BCUT2D eigenvalue weighted by Gasteiger charge is -2.35. The minimum atomic E-state index is -0.524. The van der Waals surface area contributed by atoms with Crippen molar-refractivity contribution in [2.24, 2.45) is 17.0 Å². The van der Waals surface area contributed by atoms with Gasteiger partial charge in [-0.05, 0) is 89.3 Å². The summed E-state index contributed by atoms with van der Waals surface area (Å²) in [6, 6.07) is 6.35. The average Bonchev–Trinajstić information content (AvgIpc) is 2.80. The smallest absolute Gasteiger partial charge is 0.306 e. The molecule has 2 aromatic rings. The second kappa shape index (κ2) is 9.68. The third-order valence-electron chi connectivity index (χ3n) is 7.39. The number of carbonyl (C=O) groups excluding carboxylic acids is 1. The summed E-state index contributed by atoms with van der Waals surface area (Å²) >= 11 is 0. The Balaban J connectivity index is 1.56. The molecule has 7 heteroatoms. The molecule has 0 radical (unpaired) electrons. The fourth-order valence-electron chi connectivity index (χ4n) is 5.65. The predicted octanol–water partition coefficient (Wildman–Crippen LogP) is 5.92. The van der Waals surface area contributed by atoms with Crippen LogP contribution in [0.15, 0.2) is 36.3 Å². The normalized spacial score (nSPS) is 21.9. The molecule has 1 fully saturated rings. The summed E-state index contributed by atoms with van der Waals surface area (Å²) in [6.45, 7) is 14.4. The van der Waals surface area contributed by atoms with Crippen molar-refractivity contribution in [1.29, 1.82) is 0 Å². The molecule has 0 spiro atoms. The van der Waals surface area contributed by atoms with Crippen molar-refractivity contribution in [3.05, 3.63) is 47.8 Å². The molecule has 192 valence electrons. The fourth-order valence-corrected chi connectivity index (χ4v) is 5.65. The van der Waals surface area contributed by atoms with Crippen LogP contribution in [0.5, 0.6) is 0 Å². The van der Waals surface area contributed by atoms with Gasteiger partial charge in [0.15, 0.2) is 0 Å². The van der Waals surface area contributed by atoms with Crippen molar-refractivity contribution >= 4 is 23.1 Å². The molecule has 7 nitrogen and oxygen atoms in total. The van der Waals surface area contributed by atoms with Crippen LogP contribution in [0.1, 0.15) is 83.4 Å². The Morgan fingerprint density at radius 1 is 1.17 bits per heavy atom. The Bertz CT molecular complexity index is 1200. The summed E-state index contributed by atoms with van der Waals surface area (Å²) in [7, 11) is 1.56. The van der Waals surface area contributed by atoms with Crippen LogP contribution in [0.25, 0.3) is 16.8 Å². The first-order chi connectivity index (χ1) is 16.9. The highest BCUT2D eigenvalue weighted by Crippen LogP contribution is 2.46. The molecule has 1 saturated carbocycles. The summed E-state index contributed by atoms with van der Waals surface area (Å²) in [4.78, 5) is 26.3. The molecule has 1 aromatic heterocycles. The van der Waals surface area contributed by atoms with E-state index in [9.17, 15) is 4.79 Å². The van der Waals surface area contributed by atoms with E-state index < -0.39 is 11.0 Å². The molecule has 1 heterocycles. The number of allylic oxidation sites excluding steroid dienone is 1. The highest BCUT2D eigenvalue weighted by Gasteiger charge is 2.41. The van der Waals surface area contributed by atoms with Gasteiger partial charge >= 0.3 is 5.97 Å². The lowest BCUT2D eigenvalue weighted by Crippen LogP contribution is -2.36. The lowest BCUT2D eigenvalue weighted by atomic mass is 9.69. The van der Waals surface area contributed by atoms with Crippen LogP contribution in [0, 0.1) is 11.8 Å². The van der Waals surface area contributed by atoms with Gasteiger partial charge in [-0.25, -0.2) is 9.97 Å². The summed E-state index contributed by atoms with van der Waals surface area (Å²) < 4.78 is 5.52. The van der Waals surface area contributed by atoms with E-state index >= 15 is 0 Å². The number of hydrogen-bond donors (Lipinski definition) is 1. The van der Waals surface area contributed by atoms with Gasteiger partial charge in [-0.2, -0.15) is 0 Å². The number of nitrogen functional groups attached to an aromatic ring is 1. The molecule has 0 amide bonds. The maximum atomic E-state index is 12.3. The van der Waals surface area contributed by atoms with Crippen LogP contribution in [0.3, 0.4) is 0 Å². The molecule has 2 aliphatic rings. The number of nitrogens with two attached hydrogens (primary N) is 1. The molecule has 0 bridgehead atoms. The first-order valence-corrected chi connectivity index (χ1v) is 12.7. The average molecular weight is 491 g/mol. The number of nitrogens with zero attached hydrogens (tertiary/aromatic N) is 3. The fraction of sp³-hybridized carbons (Fsp3) is 0.517. The van der Waals surface area contributed by atoms with Crippen LogP contribution < -0.4 is 5.73 Å². The number of fused-ring (bicyclic) bond motifs is 3. The Morgan fingerprint density at radius 3 is 2.50 bits per heavy atom. The molecule has 4 rings (SSSR count). The molecule has 2 N–H and O–H groups in total. The summed E-state index contributed by atoms with van der Waals surface area (Å²) in [5.74, 6) is 1.10. The number of carbonyl (C=O) groups is 1. The van der Waals surface area contributed by atoms with Gasteiger partial charge in [0.05, 0.1) is 11.4 Å². The maximum Gasteiger partial charge on any atom is 0.306 e. The summed E-state index contributed by atoms with van der Waals surface area (Å²) in [5, 5.41) is 4.43. The first-order valence-electron chi connectivity index (χ1n) is 12.7. The van der Waals surface area contributed by atoms with Gasteiger partial charge in [-0.1, -0.05) is 23.9 Å². The van der Waals surface area contributed by atoms with Crippen molar-refractivity contribution in [3.8, 4) is 11.3 Å². The lowest BCUT2D eigenvalue weighted by molar-refractivity contribution is -0.156. The Labute approximate surface area is 214 Å². The van der Waals surface area contributed by atoms with E-state index in [1.54, 1.807) is 7.11 Å². The highest BCUT2D eigenvalue weighted by molar-refractivity contribution is 6.15. The van der Waals surface area contributed by atoms with Gasteiger partial charge in [-0.15, -0.1) is 0 Å². The van der Waals surface area contributed by atoms with Crippen molar-refractivity contribution in [1.82, 2.24) is 9.97 Å². The van der Waals surface area contributed by atoms with Crippen molar-refractivity contribution < 1.29 is 14.4 Å². The van der Waals surface area contributed by atoms with Crippen LogP contribution >= 0.6 is 0 Å². The first kappa shape index (κ1) is 25.9. The molecule has 2 aliphatic carbocycles. The van der Waals surface area contributed by atoms with Gasteiger partial charge in [0.25, 0.3) is 0 Å². The molecule has 0 saturated heterocycles. The van der Waals surface area contributed by atoms with E-state index in [1.807, 2.05) is 20.8 Å². The zero-order valence-electron chi connectivity index (χ0n) is 22.4. The SMILES string of the molecule is C=C(c1ccc2c(c1)C(=NOC)C(C)(C)c1c(N)ncnc1-2)C1CCC(CC(=O)OC(C)(C)C)CC1. The molecular formula is C29H38N4O3. The minimum Gasteiger partial charge on any atom is -0.460 e. The van der Waals surface area contributed by atoms with Crippen LogP contribution in [0.4, 0.5) is 5.82 Å². The van der Waals surface area contributed by atoms with Gasteiger partial charge in [0.2, 0.25) is 0 Å². The Hall–Kier alpha value is -3.22. The number of oxime groups is 1. The number of esters is 1. The van der Waals surface area contributed by atoms with Gasteiger partial charge in [-0.3, -0.25) is 4.79 Å². The number of rotatable bonds is 5. The monoisotopic (exact) mass is 490 g/mol. The molecule has 0 aliphatic heterocycles. The van der Waals surface area contributed by atoms with E-state index in [0.29, 0.717) is 24.1 Å². The summed E-state index contributed by atoms with van der Waals surface area (Å²) in [5.41, 5.74) is 12.0. The number of hydrogen-bond acceptors (Lipinski definition) is 7. The molecule has 1 aromatic carbocycles. The minimum absolute atomic E-state index is 0.100. The van der Waals surface area contributed by atoms with Crippen molar-refractivity contribution in [2.75, 3.05) is 12.8 Å². The standard InChI is InChI=1S/C29H38N4O3/c1-17(19-10-8-18(9-11-19)14-23(34)36-28(2,3)4)20-12-13-21-22(15-20)26(33-35-7)29(5,6)24-25(21)31-16-32-27(24)30/h12-13,15-16,18-19H,1,8-11,14H2,2-7H3,(H2,30,31,32). The molecular weight excluding hydrogens is 452 g/mol. The summed E-state index contributed by atoms with van der Waals surface area (Å²) in [6.07, 6.45) is 6.03. The van der Waals surface area contributed by atoms with E-state index in [-0.39, 0.29) is 5.97 Å². The van der Waals surface area contributed by atoms with E-state index in [4.69, 9.17) is 15.3 Å². The number of aromatic nitrogens is 2. The third-order valence-corrected chi connectivity index (χ3v) is 7.39. The van der Waals surface area contributed by atoms with Crippen LogP contribution in [-0.2, 0) is 19.8 Å². The van der Waals surface area contributed by atoms with Crippen molar-refractivity contribution in [2.45, 2.75) is 77.7 Å². The Kier molecular flexibility index (Phi) is 6.95. The van der Waals surface area contributed by atoms with Crippen molar-refractivity contribution in [3.63, 3.8) is 0 Å². The third kappa shape index (κ3) is 5.01. The van der Waals surface area contributed by atoms with Gasteiger partial charge < -0.3 is 15.3 Å². The van der Waals surface area contributed by atoms with Gasteiger partial charge in [0, 0.05) is 28.5 Å². The van der Waals surface area contributed by atoms with Crippen LogP contribution in [0.2, 0.25) is 0 Å². The number of anilines is 1. The van der Waals surface area contributed by atoms with E-state index in [0.717, 1.165) is 64.9 Å². The second-order valence-electron chi connectivity index (χ2n) is 11.5. The number of benzene rings is 1. The number of ether oxygens (including phenoxy) is 1. The van der Waals surface area contributed by atoms with E-state index in [2.05, 4.69) is 53.7 Å². The van der Waals surface area contributed by atoms with Crippen LogP contribution in [-0.4, -0.2) is 34.4 Å². The second-order valence-corrected chi connectivity index (χ2v) is 11.5. The topological polar surface area (TPSA) is 99.7 Å². The largest absolute Gasteiger partial charge is 0.460 e. The van der Waals surface area contributed by atoms with E-state index in [1.165, 1.54) is 6.33 Å². The maximum absolute atomic E-state index is 12.3. The highest BCUT2D eigenvalue weighted by atomic mass is 16.6. The van der Waals surface area contributed by atoms with Gasteiger partial charge in [0.1, 0.15) is 24.9 Å². The molecule has 36 heavy (non-hydrogen) atoms. The Morgan fingerprint density at radius 2 is 1.86 bits per heavy atom.